The number of nitrogens with one attached hydrogen (secondary N) is 1. The fourth-order valence-corrected chi connectivity index (χ4v) is 4.89. The second-order valence-corrected chi connectivity index (χ2v) is 9.53. The molecule has 0 aliphatic heterocycles. The van der Waals surface area contributed by atoms with E-state index in [-0.39, 0.29) is 0 Å². The molecule has 0 spiro atoms. The van der Waals surface area contributed by atoms with Gasteiger partial charge in [0.05, 0.1) is 10.7 Å². The number of nitrogens with zero attached hydrogens (tertiary/aromatic N) is 5. The second-order valence-electron chi connectivity index (χ2n) is 7.85. The topological polar surface area (TPSA) is 68.0 Å². The van der Waals surface area contributed by atoms with Crippen molar-refractivity contribution in [3.05, 3.63) is 86.1 Å². The highest BCUT2D eigenvalue weighted by Crippen LogP contribution is 2.33. The van der Waals surface area contributed by atoms with Crippen LogP contribution >= 0.6 is 34.5 Å². The normalized spacial score (nSPS) is 11.3. The molecule has 0 unspecified atom stereocenters. The Morgan fingerprint density at radius 3 is 2.55 bits per heavy atom. The summed E-state index contributed by atoms with van der Waals surface area (Å²) in [6, 6.07) is 13.9. The minimum absolute atomic E-state index is 0.462. The molecule has 0 amide bonds. The van der Waals surface area contributed by atoms with Crippen molar-refractivity contribution >= 4 is 51.3 Å². The molecular formula is C24H20Cl2N6S. The van der Waals surface area contributed by atoms with Crippen LogP contribution in [0.5, 0.6) is 0 Å². The van der Waals surface area contributed by atoms with Crippen molar-refractivity contribution in [2.24, 2.45) is 0 Å². The number of hydrogen-bond donors (Lipinski definition) is 1. The van der Waals surface area contributed by atoms with E-state index in [1.807, 2.05) is 25.3 Å². The van der Waals surface area contributed by atoms with Crippen molar-refractivity contribution in [2.45, 2.75) is 27.2 Å². The molecule has 0 atom stereocenters. The first-order chi connectivity index (χ1) is 15.9. The molecule has 0 saturated carbocycles. The minimum Gasteiger partial charge on any atom is -0.307 e. The Balaban J connectivity index is 1.52. The Morgan fingerprint density at radius 1 is 0.970 bits per heavy atom. The number of rotatable bonds is 5. The zero-order valence-electron chi connectivity index (χ0n) is 18.2. The maximum Gasteiger partial charge on any atom is 0.249 e. The van der Waals surface area contributed by atoms with E-state index in [4.69, 9.17) is 23.2 Å². The van der Waals surface area contributed by atoms with Crippen molar-refractivity contribution in [1.29, 1.82) is 0 Å². The van der Waals surface area contributed by atoms with Gasteiger partial charge in [-0.25, -0.2) is 14.5 Å². The Hall–Kier alpha value is -3.00. The van der Waals surface area contributed by atoms with Crippen molar-refractivity contribution in [2.75, 3.05) is 5.32 Å². The van der Waals surface area contributed by atoms with Crippen LogP contribution in [0.3, 0.4) is 0 Å². The average molecular weight is 495 g/mol. The monoisotopic (exact) mass is 494 g/mol. The summed E-state index contributed by atoms with van der Waals surface area (Å²) in [5.41, 5.74) is 6.00. The van der Waals surface area contributed by atoms with Crippen LogP contribution in [0.1, 0.15) is 28.2 Å². The van der Waals surface area contributed by atoms with E-state index in [2.05, 4.69) is 56.6 Å². The molecule has 9 heteroatoms. The first-order valence-electron chi connectivity index (χ1n) is 10.3. The Bertz CT molecular complexity index is 1470. The molecule has 33 heavy (non-hydrogen) atoms. The zero-order valence-corrected chi connectivity index (χ0v) is 20.6. The maximum absolute atomic E-state index is 6.42. The number of halogens is 2. The summed E-state index contributed by atoms with van der Waals surface area (Å²) >= 11 is 14.1. The van der Waals surface area contributed by atoms with E-state index >= 15 is 0 Å². The van der Waals surface area contributed by atoms with Crippen molar-refractivity contribution in [3.63, 3.8) is 0 Å². The number of aromatic nitrogens is 5. The predicted octanol–water partition coefficient (Wildman–Crippen LogP) is 6.81. The number of hydrogen-bond acceptors (Lipinski definition) is 6. The van der Waals surface area contributed by atoms with Gasteiger partial charge in [0.2, 0.25) is 10.9 Å². The van der Waals surface area contributed by atoms with Crippen LogP contribution in [-0.2, 0) is 6.42 Å². The highest BCUT2D eigenvalue weighted by molar-refractivity contribution is 7.15. The lowest BCUT2D eigenvalue weighted by molar-refractivity contribution is 0.952. The van der Waals surface area contributed by atoms with Gasteiger partial charge >= 0.3 is 0 Å². The predicted molar refractivity (Wildman–Crippen MR) is 135 cm³/mol. The van der Waals surface area contributed by atoms with E-state index < -0.39 is 0 Å². The molecule has 2 aromatic carbocycles. The molecule has 0 aliphatic rings. The number of thiazole rings is 1. The number of aryl methyl sites for hydroxylation is 3. The van der Waals surface area contributed by atoms with Crippen LogP contribution in [0.25, 0.3) is 16.2 Å². The summed E-state index contributed by atoms with van der Waals surface area (Å²) in [4.78, 5) is 14.6. The van der Waals surface area contributed by atoms with E-state index in [1.54, 1.807) is 16.6 Å². The van der Waals surface area contributed by atoms with Gasteiger partial charge in [-0.15, -0.1) is 16.4 Å². The van der Waals surface area contributed by atoms with Crippen LogP contribution in [0.2, 0.25) is 10.0 Å². The van der Waals surface area contributed by atoms with Crippen LogP contribution in [0, 0.1) is 20.8 Å². The lowest BCUT2D eigenvalue weighted by atomic mass is 10.0. The van der Waals surface area contributed by atoms with Gasteiger partial charge in [-0.05, 0) is 44.5 Å². The summed E-state index contributed by atoms with van der Waals surface area (Å²) in [6.07, 6.45) is 0.709. The summed E-state index contributed by atoms with van der Waals surface area (Å²) in [6.45, 7) is 5.96. The van der Waals surface area contributed by atoms with Crippen LogP contribution in [-0.4, -0.2) is 24.6 Å². The minimum atomic E-state index is 0.462. The van der Waals surface area contributed by atoms with Gasteiger partial charge in [0, 0.05) is 33.6 Å². The fraction of sp³-hybridized carbons (Fsp3) is 0.167. The third-order valence-corrected chi connectivity index (χ3v) is 6.72. The number of fused-ring (bicyclic) bond motifs is 1. The molecule has 0 bridgehead atoms. The van der Waals surface area contributed by atoms with E-state index in [0.717, 1.165) is 27.5 Å². The second kappa shape index (κ2) is 8.74. The lowest BCUT2D eigenvalue weighted by Crippen LogP contribution is -2.07. The molecule has 166 valence electrons. The number of anilines is 2. The highest BCUT2D eigenvalue weighted by Gasteiger charge is 2.17. The van der Waals surface area contributed by atoms with Crippen molar-refractivity contribution in [1.82, 2.24) is 24.6 Å². The SMILES string of the molecule is Cc1ccc(Cc2c(C)nc(C)nc2Nc2nc3scc(-c4cc(Cl)ccc4Cl)n3n2)cc1. The van der Waals surface area contributed by atoms with E-state index in [1.165, 1.54) is 22.5 Å². The molecule has 5 rings (SSSR count). The molecule has 0 aliphatic carbocycles. The average Bonchev–Trinajstić information content (AvgIpc) is 3.34. The summed E-state index contributed by atoms with van der Waals surface area (Å²) in [5, 5.41) is 11.2. The molecular weight excluding hydrogens is 475 g/mol. The fourth-order valence-electron chi connectivity index (χ4n) is 3.68. The quantitative estimate of drug-likeness (QED) is 0.290. The van der Waals surface area contributed by atoms with Gasteiger partial charge in [-0.1, -0.05) is 53.0 Å². The molecule has 0 fully saturated rings. The van der Waals surface area contributed by atoms with E-state index in [0.29, 0.717) is 34.1 Å². The highest BCUT2D eigenvalue weighted by atomic mass is 35.5. The van der Waals surface area contributed by atoms with Crippen LogP contribution in [0.4, 0.5) is 11.8 Å². The van der Waals surface area contributed by atoms with Gasteiger partial charge in [-0.2, -0.15) is 4.98 Å². The molecule has 0 radical (unpaired) electrons. The molecule has 3 aromatic heterocycles. The van der Waals surface area contributed by atoms with Gasteiger partial charge in [0.1, 0.15) is 11.6 Å². The molecule has 6 nitrogen and oxygen atoms in total. The smallest absolute Gasteiger partial charge is 0.249 e. The first kappa shape index (κ1) is 21.8. The first-order valence-corrected chi connectivity index (χ1v) is 12.0. The third kappa shape index (κ3) is 4.44. The summed E-state index contributed by atoms with van der Waals surface area (Å²) in [7, 11) is 0. The Labute approximate surface area is 205 Å². The van der Waals surface area contributed by atoms with Crippen molar-refractivity contribution < 1.29 is 0 Å². The third-order valence-electron chi connectivity index (χ3n) is 5.34. The largest absolute Gasteiger partial charge is 0.307 e. The Kier molecular flexibility index (Phi) is 5.78. The molecule has 3 heterocycles. The maximum atomic E-state index is 6.42. The molecule has 0 saturated heterocycles. The van der Waals surface area contributed by atoms with Crippen molar-refractivity contribution in [3.8, 4) is 11.3 Å². The molecule has 5 aromatic rings. The van der Waals surface area contributed by atoms with Gasteiger partial charge in [0.25, 0.3) is 0 Å². The number of benzene rings is 2. The van der Waals surface area contributed by atoms with Gasteiger partial charge in [0.15, 0.2) is 0 Å². The summed E-state index contributed by atoms with van der Waals surface area (Å²) < 4.78 is 1.77. The molecule has 1 N–H and O–H groups in total. The standard InChI is InChI=1S/C24H20Cl2N6S/c1-13-4-6-16(7-5-13)10-18-14(2)27-15(3)28-22(18)29-23-30-24-32(31-23)21(12-33-24)19-11-17(25)8-9-20(19)26/h4-9,11-12H,10H2,1-3H3,(H,27,28,29,31). The lowest BCUT2D eigenvalue weighted by Gasteiger charge is -2.13. The zero-order chi connectivity index (χ0) is 23.1. The van der Waals surface area contributed by atoms with Crippen LogP contribution in [0.15, 0.2) is 47.8 Å². The van der Waals surface area contributed by atoms with Gasteiger partial charge < -0.3 is 5.32 Å². The van der Waals surface area contributed by atoms with Crippen LogP contribution < -0.4 is 5.32 Å². The van der Waals surface area contributed by atoms with E-state index in [9.17, 15) is 0 Å². The Morgan fingerprint density at radius 2 is 1.76 bits per heavy atom. The van der Waals surface area contributed by atoms with Gasteiger partial charge in [-0.3, -0.25) is 0 Å². The summed E-state index contributed by atoms with van der Waals surface area (Å²) in [5.74, 6) is 1.86.